The maximum atomic E-state index is 11.1. The molecule has 0 radical (unpaired) electrons. The molecule has 78 valence electrons. The summed E-state index contributed by atoms with van der Waals surface area (Å²) < 4.78 is 0. The Bertz CT molecular complexity index is 140. The SMILES string of the molecule is CSCCNC(=O)CCCC(C)N. The summed E-state index contributed by atoms with van der Waals surface area (Å²) >= 11 is 1.74. The van der Waals surface area contributed by atoms with Gasteiger partial charge in [0.25, 0.3) is 0 Å². The number of nitrogens with two attached hydrogens (primary N) is 1. The van der Waals surface area contributed by atoms with E-state index < -0.39 is 0 Å². The van der Waals surface area contributed by atoms with Gasteiger partial charge in [-0.3, -0.25) is 4.79 Å². The van der Waals surface area contributed by atoms with Gasteiger partial charge >= 0.3 is 0 Å². The van der Waals surface area contributed by atoms with Crippen LogP contribution < -0.4 is 11.1 Å². The van der Waals surface area contributed by atoms with E-state index in [2.05, 4.69) is 5.32 Å². The molecule has 1 unspecified atom stereocenters. The fourth-order valence-electron chi connectivity index (χ4n) is 0.965. The molecule has 4 heteroatoms. The van der Waals surface area contributed by atoms with Gasteiger partial charge in [-0.15, -0.1) is 0 Å². The van der Waals surface area contributed by atoms with Crippen LogP contribution in [0.1, 0.15) is 26.2 Å². The first kappa shape index (κ1) is 12.8. The van der Waals surface area contributed by atoms with Gasteiger partial charge in [0.15, 0.2) is 0 Å². The Morgan fingerprint density at radius 3 is 2.85 bits per heavy atom. The van der Waals surface area contributed by atoms with E-state index in [0.717, 1.165) is 25.1 Å². The third kappa shape index (κ3) is 9.70. The number of rotatable bonds is 7. The van der Waals surface area contributed by atoms with Gasteiger partial charge in [-0.2, -0.15) is 11.8 Å². The van der Waals surface area contributed by atoms with Crippen molar-refractivity contribution in [3.05, 3.63) is 0 Å². The molecule has 0 saturated carbocycles. The summed E-state index contributed by atoms with van der Waals surface area (Å²) in [5.41, 5.74) is 5.57. The van der Waals surface area contributed by atoms with Gasteiger partial charge < -0.3 is 11.1 Å². The Balaban J connectivity index is 3.20. The number of nitrogens with one attached hydrogen (secondary N) is 1. The second-order valence-electron chi connectivity index (χ2n) is 3.21. The standard InChI is InChI=1S/C9H20N2OS/c1-8(10)4-3-5-9(12)11-6-7-13-2/h8H,3-7,10H2,1-2H3,(H,11,12). The van der Waals surface area contributed by atoms with Gasteiger partial charge in [0, 0.05) is 24.8 Å². The zero-order chi connectivity index (χ0) is 10.1. The third-order valence-corrected chi connectivity index (χ3v) is 2.30. The molecule has 1 amide bonds. The first-order valence-corrected chi connectivity index (χ1v) is 6.07. The molecule has 3 nitrogen and oxygen atoms in total. The van der Waals surface area contributed by atoms with E-state index in [-0.39, 0.29) is 11.9 Å². The molecule has 0 aliphatic rings. The summed E-state index contributed by atoms with van der Waals surface area (Å²) in [7, 11) is 0. The van der Waals surface area contributed by atoms with Crippen LogP contribution in [-0.4, -0.2) is 30.5 Å². The molecule has 0 fully saturated rings. The molecule has 0 rings (SSSR count). The molecule has 1 atom stereocenters. The Kier molecular flexibility index (Phi) is 8.24. The van der Waals surface area contributed by atoms with Crippen LogP contribution in [0.2, 0.25) is 0 Å². The van der Waals surface area contributed by atoms with Crippen molar-refractivity contribution < 1.29 is 4.79 Å². The summed E-state index contributed by atoms with van der Waals surface area (Å²) in [5.74, 6) is 1.13. The zero-order valence-corrected chi connectivity index (χ0v) is 9.32. The second kappa shape index (κ2) is 8.38. The molecule has 0 saturated heterocycles. The fourth-order valence-corrected chi connectivity index (χ4v) is 1.27. The molecular weight excluding hydrogens is 184 g/mol. The van der Waals surface area contributed by atoms with E-state index in [9.17, 15) is 4.79 Å². The number of hydrogen-bond acceptors (Lipinski definition) is 3. The molecule has 0 aromatic carbocycles. The van der Waals surface area contributed by atoms with Gasteiger partial charge in [0.1, 0.15) is 0 Å². The summed E-state index contributed by atoms with van der Waals surface area (Å²) in [6.07, 6.45) is 4.46. The first-order valence-electron chi connectivity index (χ1n) is 4.68. The van der Waals surface area contributed by atoms with Crippen LogP contribution >= 0.6 is 11.8 Å². The van der Waals surface area contributed by atoms with Crippen LogP contribution in [0.15, 0.2) is 0 Å². The number of hydrogen-bond donors (Lipinski definition) is 2. The quantitative estimate of drug-likeness (QED) is 0.608. The summed E-state index contributed by atoms with van der Waals surface area (Å²) in [5, 5.41) is 2.86. The van der Waals surface area contributed by atoms with E-state index in [1.807, 2.05) is 13.2 Å². The molecule has 0 aromatic rings. The largest absolute Gasteiger partial charge is 0.355 e. The molecule has 0 spiro atoms. The average Bonchev–Trinajstić information content (AvgIpc) is 2.04. The van der Waals surface area contributed by atoms with Crippen molar-refractivity contribution in [2.75, 3.05) is 18.6 Å². The number of carbonyl (C=O) groups excluding carboxylic acids is 1. The summed E-state index contributed by atoms with van der Waals surface area (Å²) in [6.45, 7) is 2.74. The van der Waals surface area contributed by atoms with Crippen molar-refractivity contribution >= 4 is 17.7 Å². The summed E-state index contributed by atoms with van der Waals surface area (Å²) in [4.78, 5) is 11.1. The van der Waals surface area contributed by atoms with E-state index in [1.165, 1.54) is 0 Å². The van der Waals surface area contributed by atoms with Crippen LogP contribution in [0, 0.1) is 0 Å². The predicted octanol–water partition coefficient (Wildman–Crippen LogP) is 0.983. The second-order valence-corrected chi connectivity index (χ2v) is 4.20. The van der Waals surface area contributed by atoms with E-state index in [0.29, 0.717) is 6.42 Å². The van der Waals surface area contributed by atoms with Crippen LogP contribution in [0.3, 0.4) is 0 Å². The van der Waals surface area contributed by atoms with Gasteiger partial charge in [0.2, 0.25) is 5.91 Å². The molecule has 3 N–H and O–H groups in total. The highest BCUT2D eigenvalue weighted by molar-refractivity contribution is 7.98. The van der Waals surface area contributed by atoms with Gasteiger partial charge in [0.05, 0.1) is 0 Å². The monoisotopic (exact) mass is 204 g/mol. The minimum Gasteiger partial charge on any atom is -0.355 e. The molecule has 0 bridgehead atoms. The highest BCUT2D eigenvalue weighted by atomic mass is 32.2. The third-order valence-electron chi connectivity index (χ3n) is 1.69. The van der Waals surface area contributed by atoms with Gasteiger partial charge in [-0.05, 0) is 26.0 Å². The fraction of sp³-hybridized carbons (Fsp3) is 0.889. The predicted molar refractivity (Wildman–Crippen MR) is 58.9 cm³/mol. The molecule has 0 aliphatic heterocycles. The van der Waals surface area contributed by atoms with Gasteiger partial charge in [-0.1, -0.05) is 0 Å². The van der Waals surface area contributed by atoms with Crippen LogP contribution in [0.5, 0.6) is 0 Å². The number of thioether (sulfide) groups is 1. The van der Waals surface area contributed by atoms with Crippen LogP contribution in [0.25, 0.3) is 0 Å². The average molecular weight is 204 g/mol. The Hall–Kier alpha value is -0.220. The lowest BCUT2D eigenvalue weighted by Gasteiger charge is -2.05. The smallest absolute Gasteiger partial charge is 0.220 e. The Morgan fingerprint density at radius 1 is 1.62 bits per heavy atom. The summed E-state index contributed by atoms with van der Waals surface area (Å²) in [6, 6.07) is 0.207. The minimum atomic E-state index is 0.148. The Morgan fingerprint density at radius 2 is 2.31 bits per heavy atom. The lowest BCUT2D eigenvalue weighted by molar-refractivity contribution is -0.121. The maximum absolute atomic E-state index is 11.1. The van der Waals surface area contributed by atoms with E-state index >= 15 is 0 Å². The van der Waals surface area contributed by atoms with Crippen molar-refractivity contribution in [3.8, 4) is 0 Å². The van der Waals surface area contributed by atoms with Gasteiger partial charge in [-0.25, -0.2) is 0 Å². The minimum absolute atomic E-state index is 0.148. The molecule has 0 aromatic heterocycles. The topological polar surface area (TPSA) is 55.1 Å². The number of carbonyl (C=O) groups is 1. The number of amides is 1. The van der Waals surface area contributed by atoms with Crippen LogP contribution in [-0.2, 0) is 4.79 Å². The van der Waals surface area contributed by atoms with Crippen molar-refractivity contribution in [1.82, 2.24) is 5.32 Å². The van der Waals surface area contributed by atoms with Crippen molar-refractivity contribution in [3.63, 3.8) is 0 Å². The van der Waals surface area contributed by atoms with Crippen LogP contribution in [0.4, 0.5) is 0 Å². The maximum Gasteiger partial charge on any atom is 0.220 e. The highest BCUT2D eigenvalue weighted by Gasteiger charge is 2.01. The lowest BCUT2D eigenvalue weighted by Crippen LogP contribution is -2.26. The normalized spacial score (nSPS) is 12.5. The molecule has 0 aliphatic carbocycles. The van der Waals surface area contributed by atoms with E-state index in [1.54, 1.807) is 11.8 Å². The van der Waals surface area contributed by atoms with E-state index in [4.69, 9.17) is 5.73 Å². The van der Waals surface area contributed by atoms with Crippen molar-refractivity contribution in [1.29, 1.82) is 0 Å². The first-order chi connectivity index (χ1) is 6.16. The molecule has 13 heavy (non-hydrogen) atoms. The molecule has 0 heterocycles. The van der Waals surface area contributed by atoms with Crippen molar-refractivity contribution in [2.45, 2.75) is 32.2 Å². The lowest BCUT2D eigenvalue weighted by atomic mass is 10.1. The Labute approximate surface area is 84.8 Å². The zero-order valence-electron chi connectivity index (χ0n) is 8.51. The van der Waals surface area contributed by atoms with Crippen molar-refractivity contribution in [2.24, 2.45) is 5.73 Å². The highest BCUT2D eigenvalue weighted by Crippen LogP contribution is 1.98. The molecular formula is C9H20N2OS.